The molecule has 2 rings (SSSR count). The van der Waals surface area contributed by atoms with Crippen LogP contribution in [-0.4, -0.2) is 43.5 Å². The molecule has 0 unspecified atom stereocenters. The highest BCUT2D eigenvalue weighted by atomic mass is 32.2. The van der Waals surface area contributed by atoms with Crippen LogP contribution < -0.4 is 10.9 Å². The molecule has 2 N–H and O–H groups in total. The molecular weight excluding hydrogens is 326 g/mol. The van der Waals surface area contributed by atoms with Crippen molar-refractivity contribution in [3.05, 3.63) is 38.8 Å². The van der Waals surface area contributed by atoms with Gasteiger partial charge < -0.3 is 10.4 Å². The van der Waals surface area contributed by atoms with E-state index in [1.807, 2.05) is 0 Å². The number of hydrogen-bond acceptors (Lipinski definition) is 6. The number of rotatable bonds is 5. The van der Waals surface area contributed by atoms with E-state index in [1.165, 1.54) is 0 Å². The Bertz CT molecular complexity index is 695. The highest BCUT2D eigenvalue weighted by molar-refractivity contribution is 7.99. The van der Waals surface area contributed by atoms with Gasteiger partial charge in [-0.25, -0.2) is 4.79 Å². The van der Waals surface area contributed by atoms with Crippen LogP contribution in [0.25, 0.3) is 0 Å². The maximum Gasteiger partial charge on any atom is 0.329 e. The van der Waals surface area contributed by atoms with Gasteiger partial charge in [0.15, 0.2) is 0 Å². The number of nitrogens with one attached hydrogen (secondary N) is 1. The molecule has 1 aromatic rings. The highest BCUT2D eigenvalue weighted by Gasteiger charge is 2.41. The standard InChI is InChI=1S/C13H15N3O6S/c17-10(14-13(12(19)20)3-5-23-6-4-13)8-15-7-9(16(21)22)1-2-11(15)18/h1-2,7H,3-6,8H2,(H,14,17)(H,19,20). The average molecular weight is 341 g/mol. The summed E-state index contributed by atoms with van der Waals surface area (Å²) in [6.45, 7) is -0.470. The Balaban J connectivity index is 2.15. The number of carboxylic acid groups (broad SMARTS) is 1. The largest absolute Gasteiger partial charge is 0.480 e. The molecule has 0 aromatic carbocycles. The van der Waals surface area contributed by atoms with Crippen LogP contribution in [0.3, 0.4) is 0 Å². The zero-order valence-corrected chi connectivity index (χ0v) is 12.9. The van der Waals surface area contributed by atoms with E-state index >= 15 is 0 Å². The zero-order valence-electron chi connectivity index (χ0n) is 12.1. The summed E-state index contributed by atoms with van der Waals surface area (Å²) in [6.07, 6.45) is 1.55. The van der Waals surface area contributed by atoms with Gasteiger partial charge in [0.1, 0.15) is 12.1 Å². The number of carbonyl (C=O) groups excluding carboxylic acids is 1. The quantitative estimate of drug-likeness (QED) is 0.578. The lowest BCUT2D eigenvalue weighted by Gasteiger charge is -2.33. The van der Waals surface area contributed by atoms with Gasteiger partial charge in [0.05, 0.1) is 11.1 Å². The third-order valence-electron chi connectivity index (χ3n) is 3.63. The van der Waals surface area contributed by atoms with E-state index in [4.69, 9.17) is 0 Å². The Morgan fingerprint density at radius 3 is 2.61 bits per heavy atom. The molecule has 0 aliphatic carbocycles. The summed E-state index contributed by atoms with van der Waals surface area (Å²) in [4.78, 5) is 45.3. The maximum atomic E-state index is 12.1. The molecule has 1 aromatic heterocycles. The van der Waals surface area contributed by atoms with Crippen LogP contribution in [0, 0.1) is 10.1 Å². The molecule has 1 aliphatic heterocycles. The minimum Gasteiger partial charge on any atom is -0.480 e. The van der Waals surface area contributed by atoms with Crippen LogP contribution in [0.4, 0.5) is 5.69 Å². The molecule has 0 spiro atoms. The number of nitrogens with zero attached hydrogens (tertiary/aromatic N) is 2. The summed E-state index contributed by atoms with van der Waals surface area (Å²) >= 11 is 1.61. The molecule has 0 bridgehead atoms. The van der Waals surface area contributed by atoms with E-state index in [9.17, 15) is 29.6 Å². The number of aliphatic carboxylic acids is 1. The van der Waals surface area contributed by atoms with Crippen molar-refractivity contribution >= 4 is 29.3 Å². The lowest BCUT2D eigenvalue weighted by Crippen LogP contribution is -2.57. The maximum absolute atomic E-state index is 12.1. The Kier molecular flexibility index (Phi) is 5.04. The van der Waals surface area contributed by atoms with E-state index in [2.05, 4.69) is 5.32 Å². The van der Waals surface area contributed by atoms with Crippen molar-refractivity contribution in [1.29, 1.82) is 0 Å². The normalized spacial score (nSPS) is 16.5. The molecular formula is C13H15N3O6S. The Labute approximate surface area is 134 Å². The number of hydrogen-bond donors (Lipinski definition) is 2. The SMILES string of the molecule is O=C(Cn1cc([N+](=O)[O-])ccc1=O)NC1(C(=O)O)CCSCC1. The summed E-state index contributed by atoms with van der Waals surface area (Å²) in [5.41, 5.74) is -2.24. The van der Waals surface area contributed by atoms with Crippen LogP contribution >= 0.6 is 11.8 Å². The van der Waals surface area contributed by atoms with Crippen molar-refractivity contribution in [2.45, 2.75) is 24.9 Å². The van der Waals surface area contributed by atoms with Crippen molar-refractivity contribution in [2.75, 3.05) is 11.5 Å². The topological polar surface area (TPSA) is 132 Å². The molecule has 1 fully saturated rings. The van der Waals surface area contributed by atoms with Crippen molar-refractivity contribution in [3.8, 4) is 0 Å². The van der Waals surface area contributed by atoms with Crippen LogP contribution in [0.15, 0.2) is 23.1 Å². The second kappa shape index (κ2) is 6.82. The molecule has 124 valence electrons. The van der Waals surface area contributed by atoms with Crippen molar-refractivity contribution in [1.82, 2.24) is 9.88 Å². The molecule has 1 aliphatic rings. The van der Waals surface area contributed by atoms with E-state index in [0.717, 1.165) is 22.9 Å². The van der Waals surface area contributed by atoms with Crippen LogP contribution in [0.1, 0.15) is 12.8 Å². The van der Waals surface area contributed by atoms with Gasteiger partial charge in [0.2, 0.25) is 5.91 Å². The molecule has 23 heavy (non-hydrogen) atoms. The van der Waals surface area contributed by atoms with E-state index in [1.54, 1.807) is 11.8 Å². The number of carboxylic acids is 1. The van der Waals surface area contributed by atoms with Gasteiger partial charge in [0, 0.05) is 12.1 Å². The fraction of sp³-hybridized carbons (Fsp3) is 0.462. The van der Waals surface area contributed by atoms with Gasteiger partial charge >= 0.3 is 5.97 Å². The van der Waals surface area contributed by atoms with E-state index in [0.29, 0.717) is 24.3 Å². The number of thioether (sulfide) groups is 1. The molecule has 0 radical (unpaired) electrons. The first kappa shape index (κ1) is 17.0. The number of nitro groups is 1. The minimum absolute atomic E-state index is 0.294. The van der Waals surface area contributed by atoms with Gasteiger partial charge in [-0.15, -0.1) is 0 Å². The van der Waals surface area contributed by atoms with Gasteiger partial charge in [0.25, 0.3) is 11.2 Å². The molecule has 10 heteroatoms. The Morgan fingerprint density at radius 2 is 2.04 bits per heavy atom. The van der Waals surface area contributed by atoms with Crippen molar-refractivity contribution in [3.63, 3.8) is 0 Å². The summed E-state index contributed by atoms with van der Waals surface area (Å²) in [5.74, 6) is -0.549. The summed E-state index contributed by atoms with van der Waals surface area (Å²) in [6, 6.07) is 2.05. The number of aromatic nitrogens is 1. The average Bonchev–Trinajstić information content (AvgIpc) is 2.50. The summed E-state index contributed by atoms with van der Waals surface area (Å²) in [7, 11) is 0. The first-order valence-corrected chi connectivity index (χ1v) is 7.96. The van der Waals surface area contributed by atoms with Crippen molar-refractivity contribution in [2.24, 2.45) is 0 Å². The fourth-order valence-corrected chi connectivity index (χ4v) is 3.51. The summed E-state index contributed by atoms with van der Waals surface area (Å²) in [5, 5.41) is 22.6. The number of amides is 1. The predicted octanol–water partition coefficient (Wildman–Crippen LogP) is 0.223. The monoisotopic (exact) mass is 341 g/mol. The molecule has 1 saturated heterocycles. The summed E-state index contributed by atoms with van der Waals surface area (Å²) < 4.78 is 0.889. The molecule has 2 heterocycles. The van der Waals surface area contributed by atoms with Gasteiger partial charge in [-0.3, -0.25) is 24.3 Å². The third-order valence-corrected chi connectivity index (χ3v) is 4.61. The van der Waals surface area contributed by atoms with Crippen LogP contribution in [-0.2, 0) is 16.1 Å². The van der Waals surface area contributed by atoms with Crippen molar-refractivity contribution < 1.29 is 19.6 Å². The smallest absolute Gasteiger partial charge is 0.329 e. The number of pyridine rings is 1. The molecule has 9 nitrogen and oxygen atoms in total. The lowest BCUT2D eigenvalue weighted by molar-refractivity contribution is -0.385. The van der Waals surface area contributed by atoms with Crippen LogP contribution in [0.2, 0.25) is 0 Å². The van der Waals surface area contributed by atoms with E-state index < -0.39 is 34.4 Å². The third kappa shape index (κ3) is 3.89. The second-order valence-corrected chi connectivity index (χ2v) is 6.38. The first-order valence-electron chi connectivity index (χ1n) is 6.81. The van der Waals surface area contributed by atoms with Gasteiger partial charge in [-0.2, -0.15) is 11.8 Å². The first-order chi connectivity index (χ1) is 10.8. The predicted molar refractivity (Wildman–Crippen MR) is 82.4 cm³/mol. The van der Waals surface area contributed by atoms with E-state index in [-0.39, 0.29) is 5.69 Å². The number of carbonyl (C=O) groups is 2. The van der Waals surface area contributed by atoms with Gasteiger partial charge in [-0.1, -0.05) is 0 Å². The molecule has 1 amide bonds. The van der Waals surface area contributed by atoms with Gasteiger partial charge in [-0.05, 0) is 24.3 Å². The fourth-order valence-electron chi connectivity index (χ4n) is 2.32. The highest BCUT2D eigenvalue weighted by Crippen LogP contribution is 2.27. The Morgan fingerprint density at radius 1 is 1.39 bits per heavy atom. The minimum atomic E-state index is -1.34. The lowest BCUT2D eigenvalue weighted by atomic mass is 9.92. The zero-order chi connectivity index (χ0) is 17.0. The van der Waals surface area contributed by atoms with Crippen LogP contribution in [0.5, 0.6) is 0 Å². The molecule has 0 saturated carbocycles. The Hall–Kier alpha value is -2.36. The molecule has 0 atom stereocenters. The second-order valence-electron chi connectivity index (χ2n) is 5.16.